The molecular formula is C19H20BrN3O4. The summed E-state index contributed by atoms with van der Waals surface area (Å²) in [6.45, 7) is 2.87. The predicted octanol–water partition coefficient (Wildman–Crippen LogP) is 2.25. The van der Waals surface area contributed by atoms with Crippen LogP contribution in [0.3, 0.4) is 0 Å². The fraction of sp³-hybridized carbons (Fsp3) is 0.316. The van der Waals surface area contributed by atoms with Gasteiger partial charge in [0.25, 0.3) is 5.91 Å². The molecule has 2 heterocycles. The van der Waals surface area contributed by atoms with E-state index in [4.69, 9.17) is 4.42 Å². The highest BCUT2D eigenvalue weighted by Gasteiger charge is 2.35. The van der Waals surface area contributed by atoms with Crippen molar-refractivity contribution >= 4 is 39.3 Å². The van der Waals surface area contributed by atoms with Crippen LogP contribution in [0, 0.1) is 12.8 Å². The maximum atomic E-state index is 12.3. The van der Waals surface area contributed by atoms with E-state index >= 15 is 0 Å². The molecule has 8 heteroatoms. The first kappa shape index (κ1) is 19.2. The summed E-state index contributed by atoms with van der Waals surface area (Å²) in [5.41, 5.74) is 1.82. The molecule has 3 rings (SSSR count). The third-order valence-electron chi connectivity index (χ3n) is 4.40. The lowest BCUT2D eigenvalue weighted by atomic mass is 10.1. The largest absolute Gasteiger partial charge is 0.459 e. The molecule has 0 radical (unpaired) electrons. The Bertz CT molecular complexity index is 851. The van der Waals surface area contributed by atoms with Crippen molar-refractivity contribution in [2.45, 2.75) is 13.3 Å². The molecule has 1 aromatic heterocycles. The number of carbonyl (C=O) groups excluding carboxylic acids is 3. The quantitative estimate of drug-likeness (QED) is 0.683. The maximum Gasteiger partial charge on any atom is 0.287 e. The number of nitrogens with zero attached hydrogens (tertiary/aromatic N) is 1. The second kappa shape index (κ2) is 8.39. The van der Waals surface area contributed by atoms with Crippen molar-refractivity contribution < 1.29 is 18.8 Å². The third kappa shape index (κ3) is 4.57. The molecule has 7 nitrogen and oxygen atoms in total. The summed E-state index contributed by atoms with van der Waals surface area (Å²) in [6.07, 6.45) is 1.60. The summed E-state index contributed by atoms with van der Waals surface area (Å²) in [5, 5.41) is 5.42. The first-order valence-corrected chi connectivity index (χ1v) is 9.41. The lowest BCUT2D eigenvalue weighted by Gasteiger charge is -2.17. The summed E-state index contributed by atoms with van der Waals surface area (Å²) in [4.78, 5) is 38.0. The summed E-state index contributed by atoms with van der Waals surface area (Å²) in [5.74, 6) is -0.762. The van der Waals surface area contributed by atoms with Gasteiger partial charge in [0.15, 0.2) is 5.76 Å². The van der Waals surface area contributed by atoms with Gasteiger partial charge in [0.05, 0.1) is 12.2 Å². The van der Waals surface area contributed by atoms with E-state index in [9.17, 15) is 14.4 Å². The van der Waals surface area contributed by atoms with Crippen LogP contribution >= 0.6 is 15.9 Å². The van der Waals surface area contributed by atoms with Gasteiger partial charge in [0.2, 0.25) is 11.8 Å². The Morgan fingerprint density at radius 1 is 1.26 bits per heavy atom. The minimum Gasteiger partial charge on any atom is -0.459 e. The Morgan fingerprint density at radius 2 is 2.04 bits per heavy atom. The van der Waals surface area contributed by atoms with E-state index in [0.717, 1.165) is 15.7 Å². The van der Waals surface area contributed by atoms with Crippen LogP contribution in [0.25, 0.3) is 0 Å². The Labute approximate surface area is 165 Å². The van der Waals surface area contributed by atoms with Gasteiger partial charge in [-0.3, -0.25) is 14.4 Å². The molecule has 0 spiro atoms. The molecule has 1 aromatic carbocycles. The van der Waals surface area contributed by atoms with E-state index in [1.165, 1.54) is 6.26 Å². The Hall–Kier alpha value is -2.61. The van der Waals surface area contributed by atoms with Crippen LogP contribution in [-0.4, -0.2) is 37.4 Å². The molecule has 3 amide bonds. The van der Waals surface area contributed by atoms with Gasteiger partial charge in [-0.15, -0.1) is 0 Å². The first-order chi connectivity index (χ1) is 13.0. The van der Waals surface area contributed by atoms with Crippen LogP contribution in [0.5, 0.6) is 0 Å². The molecule has 142 valence electrons. The van der Waals surface area contributed by atoms with Crippen molar-refractivity contribution in [1.82, 2.24) is 10.6 Å². The fourth-order valence-electron chi connectivity index (χ4n) is 2.93. The molecule has 0 unspecified atom stereocenters. The predicted molar refractivity (Wildman–Crippen MR) is 103 cm³/mol. The van der Waals surface area contributed by atoms with Crippen LogP contribution < -0.4 is 15.5 Å². The molecule has 1 saturated heterocycles. The minimum absolute atomic E-state index is 0.0667. The van der Waals surface area contributed by atoms with Crippen molar-refractivity contribution in [2.24, 2.45) is 5.92 Å². The van der Waals surface area contributed by atoms with Crippen LogP contribution in [0.15, 0.2) is 45.5 Å². The molecule has 1 atom stereocenters. The zero-order valence-electron chi connectivity index (χ0n) is 14.8. The molecule has 2 aromatic rings. The van der Waals surface area contributed by atoms with Gasteiger partial charge in [0, 0.05) is 36.2 Å². The number of hydrogen-bond donors (Lipinski definition) is 2. The average Bonchev–Trinajstić information content (AvgIpc) is 3.30. The molecule has 27 heavy (non-hydrogen) atoms. The fourth-order valence-corrected chi connectivity index (χ4v) is 3.18. The van der Waals surface area contributed by atoms with Crippen molar-refractivity contribution in [3.8, 4) is 0 Å². The Morgan fingerprint density at radius 3 is 2.74 bits per heavy atom. The SMILES string of the molecule is Cc1cc(N2C[C@H](C(=O)NCCNC(=O)c3ccco3)CC2=O)ccc1Br. The standard InChI is InChI=1S/C19H20BrN3O4/c1-12-9-14(4-5-15(12)20)23-11-13(10-17(23)24)18(25)21-6-7-22-19(26)16-3-2-8-27-16/h2-5,8-9,13H,6-7,10-11H2,1H3,(H,21,25)(H,22,26)/t13-/m1/s1. The van der Waals surface area contributed by atoms with Crippen LogP contribution in [0.4, 0.5) is 5.69 Å². The number of carbonyl (C=O) groups is 3. The number of hydrogen-bond acceptors (Lipinski definition) is 4. The highest BCUT2D eigenvalue weighted by Crippen LogP contribution is 2.28. The van der Waals surface area contributed by atoms with E-state index < -0.39 is 5.92 Å². The van der Waals surface area contributed by atoms with Crippen molar-refractivity contribution in [2.75, 3.05) is 24.5 Å². The maximum absolute atomic E-state index is 12.3. The Kier molecular flexibility index (Phi) is 5.95. The highest BCUT2D eigenvalue weighted by molar-refractivity contribution is 9.10. The molecule has 0 saturated carbocycles. The second-order valence-electron chi connectivity index (χ2n) is 6.36. The van der Waals surface area contributed by atoms with Gasteiger partial charge >= 0.3 is 0 Å². The number of amides is 3. The summed E-state index contributed by atoms with van der Waals surface area (Å²) in [7, 11) is 0. The topological polar surface area (TPSA) is 91.7 Å². The van der Waals surface area contributed by atoms with E-state index in [0.29, 0.717) is 6.54 Å². The molecule has 1 aliphatic rings. The van der Waals surface area contributed by atoms with Gasteiger partial charge in [-0.1, -0.05) is 15.9 Å². The van der Waals surface area contributed by atoms with Gasteiger partial charge in [0.1, 0.15) is 0 Å². The molecule has 1 aliphatic heterocycles. The molecular weight excluding hydrogens is 414 g/mol. The van der Waals surface area contributed by atoms with E-state index in [2.05, 4.69) is 26.6 Å². The summed E-state index contributed by atoms with van der Waals surface area (Å²) < 4.78 is 5.97. The number of anilines is 1. The van der Waals surface area contributed by atoms with Crippen molar-refractivity contribution in [1.29, 1.82) is 0 Å². The minimum atomic E-state index is -0.401. The first-order valence-electron chi connectivity index (χ1n) is 8.61. The van der Waals surface area contributed by atoms with Crippen LogP contribution in [0.1, 0.15) is 22.5 Å². The second-order valence-corrected chi connectivity index (χ2v) is 7.22. The average molecular weight is 434 g/mol. The van der Waals surface area contributed by atoms with Gasteiger partial charge in [-0.25, -0.2) is 0 Å². The summed E-state index contributed by atoms with van der Waals surface area (Å²) in [6, 6.07) is 8.88. The monoisotopic (exact) mass is 433 g/mol. The van der Waals surface area contributed by atoms with Crippen LogP contribution in [0.2, 0.25) is 0 Å². The number of benzene rings is 1. The Balaban J connectivity index is 1.47. The lowest BCUT2D eigenvalue weighted by Crippen LogP contribution is -2.38. The molecule has 0 aliphatic carbocycles. The van der Waals surface area contributed by atoms with Gasteiger partial charge < -0.3 is 20.0 Å². The molecule has 2 N–H and O–H groups in total. The van der Waals surface area contributed by atoms with Crippen LogP contribution in [-0.2, 0) is 9.59 Å². The highest BCUT2D eigenvalue weighted by atomic mass is 79.9. The van der Waals surface area contributed by atoms with Gasteiger partial charge in [-0.2, -0.15) is 0 Å². The smallest absolute Gasteiger partial charge is 0.287 e. The number of nitrogens with one attached hydrogen (secondary N) is 2. The summed E-state index contributed by atoms with van der Waals surface area (Å²) >= 11 is 3.44. The lowest BCUT2D eigenvalue weighted by molar-refractivity contribution is -0.126. The van der Waals surface area contributed by atoms with Crippen molar-refractivity contribution in [3.05, 3.63) is 52.4 Å². The molecule has 1 fully saturated rings. The number of halogens is 1. The number of aryl methyl sites for hydroxylation is 1. The third-order valence-corrected chi connectivity index (χ3v) is 5.29. The zero-order valence-corrected chi connectivity index (χ0v) is 16.4. The normalized spacial score (nSPS) is 16.4. The molecule has 0 bridgehead atoms. The van der Waals surface area contributed by atoms with Crippen molar-refractivity contribution in [3.63, 3.8) is 0 Å². The number of rotatable bonds is 6. The zero-order chi connectivity index (χ0) is 19.4. The van der Waals surface area contributed by atoms with Gasteiger partial charge in [-0.05, 0) is 42.8 Å². The van der Waals surface area contributed by atoms with E-state index in [1.807, 2.05) is 25.1 Å². The van der Waals surface area contributed by atoms with E-state index in [-0.39, 0.29) is 43.0 Å². The number of furan rings is 1. The van der Waals surface area contributed by atoms with E-state index in [1.54, 1.807) is 17.0 Å².